The van der Waals surface area contributed by atoms with Crippen molar-refractivity contribution >= 4 is 5.91 Å². The number of halogens is 3. The maximum atomic E-state index is 14.3. The molecule has 3 heterocycles. The van der Waals surface area contributed by atoms with Gasteiger partial charge >= 0.3 is 0 Å². The third kappa shape index (κ3) is 3.98. The Kier molecular flexibility index (Phi) is 4.81. The first-order valence-electron chi connectivity index (χ1n) is 9.06. The van der Waals surface area contributed by atoms with E-state index in [0.29, 0.717) is 0 Å². The van der Waals surface area contributed by atoms with Gasteiger partial charge in [-0.25, -0.2) is 13.2 Å². The molecule has 29 heavy (non-hydrogen) atoms. The van der Waals surface area contributed by atoms with E-state index in [0.717, 1.165) is 16.2 Å². The Morgan fingerprint density at radius 2 is 1.97 bits per heavy atom. The Labute approximate surface area is 165 Å². The summed E-state index contributed by atoms with van der Waals surface area (Å²) in [7, 11) is 0. The molecule has 0 unspecified atom stereocenters. The Morgan fingerprint density at radius 1 is 1.21 bits per heavy atom. The largest absolute Gasteiger partial charge is 0.322 e. The van der Waals surface area contributed by atoms with Crippen LogP contribution in [0.1, 0.15) is 39.9 Å². The monoisotopic (exact) mass is 401 g/mol. The molecule has 0 spiro atoms. The molecular formula is C20H18F3N5O. The molecule has 0 radical (unpaired) electrons. The summed E-state index contributed by atoms with van der Waals surface area (Å²) in [4.78, 5) is 18.1. The van der Waals surface area contributed by atoms with Crippen LogP contribution in [-0.4, -0.2) is 43.0 Å². The van der Waals surface area contributed by atoms with Crippen molar-refractivity contribution in [1.82, 2.24) is 24.6 Å². The fourth-order valence-corrected chi connectivity index (χ4v) is 3.45. The van der Waals surface area contributed by atoms with E-state index in [1.165, 1.54) is 24.7 Å². The van der Waals surface area contributed by atoms with Crippen molar-refractivity contribution in [3.05, 3.63) is 77.4 Å². The van der Waals surface area contributed by atoms with E-state index in [9.17, 15) is 18.0 Å². The van der Waals surface area contributed by atoms with Crippen LogP contribution in [0.15, 0.2) is 48.9 Å². The van der Waals surface area contributed by atoms with Crippen LogP contribution in [0.4, 0.5) is 13.2 Å². The molecule has 1 saturated heterocycles. The minimum absolute atomic E-state index is 0.239. The molecule has 4 rings (SSSR count). The number of benzene rings is 1. The second-order valence-corrected chi connectivity index (χ2v) is 7.14. The maximum Gasteiger partial charge on any atom is 0.267 e. The van der Waals surface area contributed by atoms with Crippen molar-refractivity contribution in [2.45, 2.75) is 31.9 Å². The third-order valence-electron chi connectivity index (χ3n) is 4.90. The minimum Gasteiger partial charge on any atom is -0.322 e. The fourth-order valence-electron chi connectivity index (χ4n) is 3.45. The lowest BCUT2D eigenvalue weighted by Gasteiger charge is -2.23. The third-order valence-corrected chi connectivity index (χ3v) is 4.90. The first-order valence-corrected chi connectivity index (χ1v) is 9.06. The predicted octanol–water partition coefficient (Wildman–Crippen LogP) is 3.39. The lowest BCUT2D eigenvalue weighted by Crippen LogP contribution is -2.34. The van der Waals surface area contributed by atoms with Gasteiger partial charge in [0, 0.05) is 18.3 Å². The molecule has 1 aliphatic rings. The molecule has 0 saturated carbocycles. The number of aryl methyl sites for hydroxylation is 1. The van der Waals surface area contributed by atoms with E-state index >= 15 is 0 Å². The number of aromatic nitrogens is 4. The molecule has 1 fully saturated rings. The number of amides is 1. The predicted molar refractivity (Wildman–Crippen MR) is 97.8 cm³/mol. The molecule has 0 N–H and O–H groups in total. The standard InChI is InChI=1S/C20H18F3N5O/c1-13-2-5-15(9-24-13)19(29)28-11-20(22,23)8-17(28)18-26-25-12-27(18)10-14-3-6-16(21)7-4-14/h2-7,9,12,17H,8,10-11H2,1H3/t17-/m0/s1. The summed E-state index contributed by atoms with van der Waals surface area (Å²) in [6.45, 7) is 1.35. The Bertz CT molecular complexity index is 1020. The fraction of sp³-hybridized carbons (Fsp3) is 0.300. The second kappa shape index (κ2) is 7.31. The summed E-state index contributed by atoms with van der Waals surface area (Å²) >= 11 is 0. The highest BCUT2D eigenvalue weighted by Crippen LogP contribution is 2.41. The number of alkyl halides is 2. The lowest BCUT2D eigenvalue weighted by atomic mass is 10.1. The number of carbonyl (C=O) groups excluding carboxylic acids is 1. The molecule has 9 heteroatoms. The van der Waals surface area contributed by atoms with Crippen molar-refractivity contribution < 1.29 is 18.0 Å². The Hall–Kier alpha value is -3.23. The van der Waals surface area contributed by atoms with Gasteiger partial charge < -0.3 is 9.47 Å². The molecule has 0 bridgehead atoms. The van der Waals surface area contributed by atoms with Gasteiger partial charge in [-0.1, -0.05) is 12.1 Å². The highest BCUT2D eigenvalue weighted by atomic mass is 19.3. The van der Waals surface area contributed by atoms with Crippen LogP contribution in [0.25, 0.3) is 0 Å². The minimum atomic E-state index is -3.04. The molecule has 2 aromatic heterocycles. The molecule has 0 aliphatic carbocycles. The van der Waals surface area contributed by atoms with Gasteiger partial charge in [-0.2, -0.15) is 0 Å². The molecule has 1 aliphatic heterocycles. The number of pyridine rings is 1. The van der Waals surface area contributed by atoms with Crippen LogP contribution in [0, 0.1) is 12.7 Å². The number of rotatable bonds is 4. The number of hydrogen-bond acceptors (Lipinski definition) is 4. The van der Waals surface area contributed by atoms with Gasteiger partial charge in [0.1, 0.15) is 12.1 Å². The second-order valence-electron chi connectivity index (χ2n) is 7.14. The smallest absolute Gasteiger partial charge is 0.267 e. The van der Waals surface area contributed by atoms with Crippen LogP contribution < -0.4 is 0 Å². The summed E-state index contributed by atoms with van der Waals surface area (Å²) in [6.07, 6.45) is 2.26. The van der Waals surface area contributed by atoms with Crippen LogP contribution in [-0.2, 0) is 6.54 Å². The van der Waals surface area contributed by atoms with Gasteiger partial charge in [0.15, 0.2) is 5.82 Å². The van der Waals surface area contributed by atoms with Gasteiger partial charge in [-0.05, 0) is 36.8 Å². The number of carbonyl (C=O) groups is 1. The summed E-state index contributed by atoms with van der Waals surface area (Å²) in [5.41, 5.74) is 1.73. The average Bonchev–Trinajstić information content (AvgIpc) is 3.27. The quantitative estimate of drug-likeness (QED) is 0.672. The van der Waals surface area contributed by atoms with Crippen LogP contribution >= 0.6 is 0 Å². The van der Waals surface area contributed by atoms with Crippen molar-refractivity contribution in [3.8, 4) is 0 Å². The van der Waals surface area contributed by atoms with Gasteiger partial charge in [0.05, 0.1) is 24.7 Å². The molecular weight excluding hydrogens is 383 g/mol. The molecule has 1 amide bonds. The van der Waals surface area contributed by atoms with Crippen LogP contribution in [0.3, 0.4) is 0 Å². The first kappa shape index (κ1) is 19.1. The van der Waals surface area contributed by atoms with Crippen molar-refractivity contribution in [2.75, 3.05) is 6.54 Å². The molecule has 150 valence electrons. The van der Waals surface area contributed by atoms with Gasteiger partial charge in [0.25, 0.3) is 11.8 Å². The van der Waals surface area contributed by atoms with E-state index < -0.39 is 30.8 Å². The number of hydrogen-bond donors (Lipinski definition) is 0. The average molecular weight is 401 g/mol. The first-order chi connectivity index (χ1) is 13.8. The number of nitrogens with zero attached hydrogens (tertiary/aromatic N) is 5. The van der Waals surface area contributed by atoms with E-state index in [-0.39, 0.29) is 23.7 Å². The number of likely N-dealkylation sites (tertiary alicyclic amines) is 1. The highest BCUT2D eigenvalue weighted by molar-refractivity contribution is 5.94. The Morgan fingerprint density at radius 3 is 2.66 bits per heavy atom. The molecule has 1 aromatic carbocycles. The SMILES string of the molecule is Cc1ccc(C(=O)N2CC(F)(F)C[C@H]2c2nncn2Cc2ccc(F)cc2)cn1. The summed E-state index contributed by atoms with van der Waals surface area (Å²) in [6, 6.07) is 8.15. The molecule has 6 nitrogen and oxygen atoms in total. The topological polar surface area (TPSA) is 63.9 Å². The summed E-state index contributed by atoms with van der Waals surface area (Å²) in [5, 5.41) is 7.86. The zero-order chi connectivity index (χ0) is 20.6. The zero-order valence-electron chi connectivity index (χ0n) is 15.6. The van der Waals surface area contributed by atoms with E-state index in [1.54, 1.807) is 35.8 Å². The van der Waals surface area contributed by atoms with E-state index in [4.69, 9.17) is 0 Å². The summed E-state index contributed by atoms with van der Waals surface area (Å²) in [5.74, 6) is -3.67. The van der Waals surface area contributed by atoms with Crippen LogP contribution in [0.5, 0.6) is 0 Å². The van der Waals surface area contributed by atoms with E-state index in [2.05, 4.69) is 15.2 Å². The Balaban J connectivity index is 1.64. The van der Waals surface area contributed by atoms with Crippen molar-refractivity contribution in [1.29, 1.82) is 0 Å². The normalized spacial score (nSPS) is 18.2. The molecule has 1 atom stereocenters. The van der Waals surface area contributed by atoms with Crippen LogP contribution in [0.2, 0.25) is 0 Å². The van der Waals surface area contributed by atoms with Gasteiger partial charge in [0.2, 0.25) is 0 Å². The van der Waals surface area contributed by atoms with Crippen molar-refractivity contribution in [2.24, 2.45) is 0 Å². The lowest BCUT2D eigenvalue weighted by molar-refractivity contribution is 0.0117. The maximum absolute atomic E-state index is 14.3. The molecule has 3 aromatic rings. The van der Waals surface area contributed by atoms with E-state index in [1.807, 2.05) is 0 Å². The highest BCUT2D eigenvalue weighted by Gasteiger charge is 2.49. The zero-order valence-corrected chi connectivity index (χ0v) is 15.6. The van der Waals surface area contributed by atoms with Gasteiger partial charge in [-0.15, -0.1) is 10.2 Å². The van der Waals surface area contributed by atoms with Gasteiger partial charge in [-0.3, -0.25) is 9.78 Å². The van der Waals surface area contributed by atoms with Crippen molar-refractivity contribution in [3.63, 3.8) is 0 Å². The summed E-state index contributed by atoms with van der Waals surface area (Å²) < 4.78 is 43.3.